The summed E-state index contributed by atoms with van der Waals surface area (Å²) in [6.07, 6.45) is 0. The number of nitrogen functional groups attached to an aromatic ring is 1. The fourth-order valence-electron chi connectivity index (χ4n) is 1.31. The summed E-state index contributed by atoms with van der Waals surface area (Å²) in [5, 5.41) is 9.10. The van der Waals surface area contributed by atoms with Crippen molar-refractivity contribution in [1.82, 2.24) is 0 Å². The van der Waals surface area contributed by atoms with Gasteiger partial charge in [-0.15, -0.1) is 0 Å². The molecule has 0 saturated carbocycles. The zero-order chi connectivity index (χ0) is 11.6. The summed E-state index contributed by atoms with van der Waals surface area (Å²) in [6, 6.07) is 4.00. The van der Waals surface area contributed by atoms with E-state index in [0.29, 0.717) is 0 Å². The first-order valence-corrected chi connectivity index (χ1v) is 5.66. The maximum atomic E-state index is 9.10. The lowest BCUT2D eigenvalue weighted by Gasteiger charge is -2.27. The van der Waals surface area contributed by atoms with Crippen LogP contribution in [0.1, 0.15) is 12.5 Å². The minimum absolute atomic E-state index is 0.0873. The van der Waals surface area contributed by atoms with Crippen molar-refractivity contribution in [2.24, 2.45) is 0 Å². The Labute approximate surface area is 99.0 Å². The smallest absolute Gasteiger partial charge is 0.0632 e. The van der Waals surface area contributed by atoms with Crippen LogP contribution in [0, 0.1) is 6.92 Å². The fourth-order valence-corrected chi connectivity index (χ4v) is 1.95. The zero-order valence-corrected chi connectivity index (χ0v) is 10.9. The number of anilines is 2. The first kappa shape index (κ1) is 12.3. The lowest BCUT2D eigenvalue weighted by molar-refractivity contribution is 0.270. The van der Waals surface area contributed by atoms with Crippen LogP contribution in [0.2, 0.25) is 0 Å². The van der Waals surface area contributed by atoms with Gasteiger partial charge in [-0.1, -0.05) is 0 Å². The quantitative estimate of drug-likeness (QED) is 0.830. The van der Waals surface area contributed by atoms with Crippen LogP contribution in [0.15, 0.2) is 16.6 Å². The van der Waals surface area contributed by atoms with Gasteiger partial charge in [0.15, 0.2) is 0 Å². The van der Waals surface area contributed by atoms with Gasteiger partial charge in [-0.2, -0.15) is 0 Å². The molecule has 1 atom stereocenters. The zero-order valence-electron chi connectivity index (χ0n) is 9.29. The normalized spacial score (nSPS) is 12.6. The van der Waals surface area contributed by atoms with Crippen molar-refractivity contribution in [3.05, 3.63) is 22.2 Å². The first-order chi connectivity index (χ1) is 6.97. The van der Waals surface area contributed by atoms with Gasteiger partial charge in [0.1, 0.15) is 0 Å². The Balaban J connectivity index is 3.09. The van der Waals surface area contributed by atoms with Crippen LogP contribution < -0.4 is 10.6 Å². The molecule has 0 fully saturated rings. The van der Waals surface area contributed by atoms with Crippen molar-refractivity contribution in [2.75, 3.05) is 24.3 Å². The summed E-state index contributed by atoms with van der Waals surface area (Å²) in [5.41, 5.74) is 8.67. The monoisotopic (exact) mass is 272 g/mol. The second kappa shape index (κ2) is 4.86. The highest BCUT2D eigenvalue weighted by atomic mass is 79.9. The Morgan fingerprint density at radius 3 is 2.67 bits per heavy atom. The molecule has 0 aliphatic heterocycles. The Hall–Kier alpha value is -0.740. The third-order valence-corrected chi connectivity index (χ3v) is 3.28. The minimum Gasteiger partial charge on any atom is -0.398 e. The molecule has 15 heavy (non-hydrogen) atoms. The van der Waals surface area contributed by atoms with Gasteiger partial charge < -0.3 is 15.7 Å². The van der Waals surface area contributed by atoms with Gasteiger partial charge in [-0.3, -0.25) is 0 Å². The Bertz CT molecular complexity index is 355. The molecule has 84 valence electrons. The summed E-state index contributed by atoms with van der Waals surface area (Å²) >= 11 is 3.48. The topological polar surface area (TPSA) is 49.5 Å². The molecular formula is C11H17BrN2O. The number of benzene rings is 1. The van der Waals surface area contributed by atoms with Crippen molar-refractivity contribution in [1.29, 1.82) is 0 Å². The predicted octanol–water partition coefficient (Wildman–Crippen LogP) is 2.16. The second-order valence-corrected chi connectivity index (χ2v) is 4.66. The largest absolute Gasteiger partial charge is 0.398 e. The number of nitrogens with zero attached hydrogens (tertiary/aromatic N) is 1. The maximum Gasteiger partial charge on any atom is 0.0632 e. The summed E-state index contributed by atoms with van der Waals surface area (Å²) in [6.45, 7) is 4.08. The van der Waals surface area contributed by atoms with Crippen molar-refractivity contribution < 1.29 is 5.11 Å². The maximum absolute atomic E-state index is 9.10. The number of nitrogens with two attached hydrogens (primary N) is 1. The minimum atomic E-state index is 0.0873. The van der Waals surface area contributed by atoms with Crippen LogP contribution in [-0.2, 0) is 0 Å². The SMILES string of the molecule is Cc1cc(N(C)C(C)CO)c(Br)cc1N. The average molecular weight is 273 g/mol. The van der Waals surface area contributed by atoms with Gasteiger partial charge in [0, 0.05) is 23.2 Å². The van der Waals surface area contributed by atoms with E-state index in [1.54, 1.807) is 0 Å². The van der Waals surface area contributed by atoms with Gasteiger partial charge in [-0.25, -0.2) is 0 Å². The summed E-state index contributed by atoms with van der Waals surface area (Å²) < 4.78 is 0.952. The van der Waals surface area contributed by atoms with Crippen LogP contribution in [-0.4, -0.2) is 24.8 Å². The standard InChI is InChI=1S/C11H17BrN2O/c1-7-4-11(9(12)5-10(7)13)14(3)8(2)6-15/h4-5,8,15H,6,13H2,1-3H3. The number of hydrogen-bond acceptors (Lipinski definition) is 3. The number of aliphatic hydroxyl groups is 1. The molecule has 0 saturated heterocycles. The molecule has 4 heteroatoms. The average Bonchev–Trinajstić information content (AvgIpc) is 2.21. The van der Waals surface area contributed by atoms with Crippen LogP contribution in [0.4, 0.5) is 11.4 Å². The highest BCUT2D eigenvalue weighted by Crippen LogP contribution is 2.31. The number of aryl methyl sites for hydroxylation is 1. The van der Waals surface area contributed by atoms with E-state index >= 15 is 0 Å². The number of rotatable bonds is 3. The predicted molar refractivity (Wildman–Crippen MR) is 68.2 cm³/mol. The lowest BCUT2D eigenvalue weighted by atomic mass is 10.1. The summed E-state index contributed by atoms with van der Waals surface area (Å²) in [4.78, 5) is 2.02. The van der Waals surface area contributed by atoms with Gasteiger partial charge in [-0.05, 0) is 47.5 Å². The Morgan fingerprint density at radius 1 is 1.53 bits per heavy atom. The van der Waals surface area contributed by atoms with Crippen LogP contribution in [0.25, 0.3) is 0 Å². The summed E-state index contributed by atoms with van der Waals surface area (Å²) in [5.74, 6) is 0. The van der Waals surface area contributed by atoms with Gasteiger partial charge >= 0.3 is 0 Å². The molecule has 0 bridgehead atoms. The molecule has 1 aromatic rings. The van der Waals surface area contributed by atoms with E-state index in [0.717, 1.165) is 21.4 Å². The fraction of sp³-hybridized carbons (Fsp3) is 0.455. The molecule has 3 nitrogen and oxygen atoms in total. The van der Waals surface area contributed by atoms with E-state index in [-0.39, 0.29) is 12.6 Å². The first-order valence-electron chi connectivity index (χ1n) is 4.86. The summed E-state index contributed by atoms with van der Waals surface area (Å²) in [7, 11) is 1.95. The van der Waals surface area contributed by atoms with E-state index in [2.05, 4.69) is 15.9 Å². The van der Waals surface area contributed by atoms with E-state index in [1.165, 1.54) is 0 Å². The Kier molecular flexibility index (Phi) is 3.99. The molecule has 0 radical (unpaired) electrons. The Morgan fingerprint density at radius 2 is 2.13 bits per heavy atom. The molecular weight excluding hydrogens is 256 g/mol. The van der Waals surface area contributed by atoms with Crippen molar-refractivity contribution >= 4 is 27.3 Å². The number of halogens is 1. The van der Waals surface area contributed by atoms with E-state index in [4.69, 9.17) is 10.8 Å². The van der Waals surface area contributed by atoms with E-state index in [9.17, 15) is 0 Å². The van der Waals surface area contributed by atoms with Gasteiger partial charge in [0.2, 0.25) is 0 Å². The van der Waals surface area contributed by atoms with Crippen molar-refractivity contribution in [3.8, 4) is 0 Å². The molecule has 0 aromatic heterocycles. The molecule has 0 heterocycles. The van der Waals surface area contributed by atoms with Gasteiger partial charge in [0.05, 0.1) is 12.3 Å². The van der Waals surface area contributed by atoms with E-state index in [1.807, 2.05) is 37.9 Å². The molecule has 1 unspecified atom stereocenters. The van der Waals surface area contributed by atoms with Gasteiger partial charge in [0.25, 0.3) is 0 Å². The van der Waals surface area contributed by atoms with Crippen LogP contribution in [0.3, 0.4) is 0 Å². The molecule has 0 amide bonds. The number of likely N-dealkylation sites (N-methyl/N-ethyl adjacent to an activating group) is 1. The van der Waals surface area contributed by atoms with Crippen molar-refractivity contribution in [3.63, 3.8) is 0 Å². The third-order valence-electron chi connectivity index (χ3n) is 2.64. The molecule has 1 rings (SSSR count). The number of hydrogen-bond donors (Lipinski definition) is 2. The highest BCUT2D eigenvalue weighted by molar-refractivity contribution is 9.10. The molecule has 0 aliphatic carbocycles. The molecule has 1 aromatic carbocycles. The van der Waals surface area contributed by atoms with E-state index < -0.39 is 0 Å². The van der Waals surface area contributed by atoms with Crippen LogP contribution in [0.5, 0.6) is 0 Å². The highest BCUT2D eigenvalue weighted by Gasteiger charge is 2.12. The molecule has 0 spiro atoms. The third kappa shape index (κ3) is 2.63. The van der Waals surface area contributed by atoms with Crippen molar-refractivity contribution in [2.45, 2.75) is 19.9 Å². The van der Waals surface area contributed by atoms with Crippen LogP contribution >= 0.6 is 15.9 Å². The lowest BCUT2D eigenvalue weighted by Crippen LogP contribution is -2.32. The second-order valence-electron chi connectivity index (χ2n) is 3.80. The molecule has 0 aliphatic rings. The molecule has 3 N–H and O–H groups in total. The number of aliphatic hydroxyl groups excluding tert-OH is 1.